The molecule has 2 aliphatic rings. The first-order chi connectivity index (χ1) is 29.0. The molecule has 0 spiro atoms. The maximum Gasteiger partial charge on any atom is 0.344 e. The number of ether oxygens (including phenoxy) is 6. The van der Waals surface area contributed by atoms with E-state index < -0.39 is 83.9 Å². The number of nitrogens with one attached hydrogen (secondary N) is 2. The van der Waals surface area contributed by atoms with Crippen LogP contribution in [0.25, 0.3) is 0 Å². The highest BCUT2D eigenvalue weighted by Gasteiger charge is 2.50. The predicted octanol–water partition coefficient (Wildman–Crippen LogP) is 1.04. The monoisotopic (exact) mass is 858 g/mol. The molecule has 334 valence electrons. The van der Waals surface area contributed by atoms with Crippen LogP contribution in [-0.4, -0.2) is 135 Å². The fourth-order valence-electron chi connectivity index (χ4n) is 7.17. The van der Waals surface area contributed by atoms with Crippen LogP contribution < -0.4 is 35.3 Å². The molecule has 12 N–H and O–H groups in total. The molecule has 0 saturated carbocycles. The highest BCUT2D eigenvalue weighted by Crippen LogP contribution is 2.47. The van der Waals surface area contributed by atoms with Crippen molar-refractivity contribution in [3.63, 3.8) is 0 Å². The summed E-state index contributed by atoms with van der Waals surface area (Å²) in [5.41, 5.74) is 6.14. The van der Waals surface area contributed by atoms with Gasteiger partial charge in [0.15, 0.2) is 41.8 Å². The number of carboxylic acid groups (broad SMARTS) is 1. The average molecular weight is 859 g/mol. The lowest BCUT2D eigenvalue weighted by Crippen LogP contribution is -2.62. The number of aromatic hydroxyl groups is 2. The van der Waals surface area contributed by atoms with Crippen molar-refractivity contribution in [1.82, 2.24) is 5.32 Å². The number of nitrogens with two attached hydrogens (primary N) is 1. The number of benzene rings is 3. The topological polar surface area (TPSA) is 314 Å². The predicted molar refractivity (Wildman–Crippen MR) is 216 cm³/mol. The van der Waals surface area contributed by atoms with E-state index in [2.05, 4.69) is 15.6 Å². The third-order valence-corrected chi connectivity index (χ3v) is 10.6. The first-order valence-corrected chi connectivity index (χ1v) is 19.5. The van der Waals surface area contributed by atoms with E-state index in [1.807, 2.05) is 44.2 Å². The molecule has 5 rings (SSSR count). The minimum absolute atomic E-state index is 0.0166. The second-order valence-electron chi connectivity index (χ2n) is 14.9. The fraction of sp³-hybridized carbons (Fsp3) is 0.488. The van der Waals surface area contributed by atoms with Gasteiger partial charge >= 0.3 is 11.9 Å². The molecule has 3 aromatic rings. The molecule has 20 nitrogen and oxygen atoms in total. The van der Waals surface area contributed by atoms with Crippen molar-refractivity contribution >= 4 is 23.6 Å². The van der Waals surface area contributed by atoms with Crippen LogP contribution in [0, 0.1) is 11.8 Å². The van der Waals surface area contributed by atoms with Gasteiger partial charge in [-0.05, 0) is 31.2 Å². The molecular weight excluding hydrogens is 804 g/mol. The summed E-state index contributed by atoms with van der Waals surface area (Å²) in [6.07, 6.45) is -12.5. The van der Waals surface area contributed by atoms with Crippen LogP contribution in [0.2, 0.25) is 0 Å². The second-order valence-corrected chi connectivity index (χ2v) is 14.9. The molecule has 0 bridgehead atoms. The number of phenols is 2. The van der Waals surface area contributed by atoms with Gasteiger partial charge in [0.25, 0.3) is 0 Å². The van der Waals surface area contributed by atoms with E-state index >= 15 is 0 Å². The van der Waals surface area contributed by atoms with Crippen LogP contribution in [-0.2, 0) is 22.3 Å². The van der Waals surface area contributed by atoms with Gasteiger partial charge in [-0.1, -0.05) is 44.2 Å². The molecular formula is C41H54N4O16. The molecule has 1 saturated heterocycles. The van der Waals surface area contributed by atoms with E-state index in [9.17, 15) is 50.4 Å². The van der Waals surface area contributed by atoms with Gasteiger partial charge in [0.05, 0.1) is 31.1 Å². The molecule has 0 aliphatic carbocycles. The number of fused-ring (bicyclic) bond motifs is 1. The Balaban J connectivity index is 1.44. The Kier molecular flexibility index (Phi) is 15.3. The molecule has 9 unspecified atom stereocenters. The Morgan fingerprint density at radius 1 is 0.984 bits per heavy atom. The summed E-state index contributed by atoms with van der Waals surface area (Å²) in [5, 5.41) is 93.3. The summed E-state index contributed by atoms with van der Waals surface area (Å²) in [7, 11) is 2.60. The van der Waals surface area contributed by atoms with Gasteiger partial charge in [0, 0.05) is 43.1 Å². The van der Waals surface area contributed by atoms with Crippen molar-refractivity contribution in [2.45, 2.75) is 89.2 Å². The van der Waals surface area contributed by atoms with Gasteiger partial charge < -0.3 is 85.6 Å². The first-order valence-electron chi connectivity index (χ1n) is 19.5. The van der Waals surface area contributed by atoms with Gasteiger partial charge in [-0.15, -0.1) is 0 Å². The number of hydrogen-bond acceptors (Lipinski definition) is 17. The highest BCUT2D eigenvalue weighted by molar-refractivity contribution is 5.97. The van der Waals surface area contributed by atoms with Gasteiger partial charge in [-0.2, -0.15) is 0 Å². The van der Waals surface area contributed by atoms with Gasteiger partial charge in [-0.3, -0.25) is 4.99 Å². The SMILES string of the molecule is CN=C(N)NCOc1cc(C(=O)O)c2c(c1OC1OC(C(O)OC(=O)c3cc(OC)c(O)c(OCCc4ccccc4)c3O)C(O)C(O)C1O)CCC(C(O)C(C)C)C(C)N2. The number of nitrogens with zero attached hydrogens (tertiary/aromatic N) is 1. The molecule has 2 aliphatic heterocycles. The standard InChI is InChI=1S/C41H54N4O16/c1-18(2)28(46)21-11-12-22-27(45-19(21)3)23(37(52)53)15-26(58-17-44-41(42)43-4)34(22)59-40-33(51)31(49)32(50)36(60-40)39(55)61-38(54)24-16-25(56-5)30(48)35(29(24)47)57-14-13-20-9-7-6-8-10-20/h6-10,15-16,18-19,21,28,31-33,36,39-40,45-51,55H,11-14,17H2,1-5H3,(H,52,53)(H3,42,43,44). The minimum Gasteiger partial charge on any atom is -0.504 e. The summed E-state index contributed by atoms with van der Waals surface area (Å²) < 4.78 is 33.8. The van der Waals surface area contributed by atoms with Crippen molar-refractivity contribution < 1.29 is 78.9 Å². The number of carbonyl (C=O) groups is 2. The zero-order chi connectivity index (χ0) is 44.7. The molecule has 61 heavy (non-hydrogen) atoms. The van der Waals surface area contributed by atoms with E-state index in [4.69, 9.17) is 34.2 Å². The van der Waals surface area contributed by atoms with Crippen LogP contribution in [0.3, 0.4) is 0 Å². The zero-order valence-electron chi connectivity index (χ0n) is 34.2. The summed E-state index contributed by atoms with van der Waals surface area (Å²) in [6, 6.07) is 10.8. The minimum atomic E-state index is -2.40. The zero-order valence-corrected chi connectivity index (χ0v) is 34.2. The molecule has 2 heterocycles. The number of carbonyl (C=O) groups excluding carboxylic acids is 1. The number of hydrogen-bond donors (Lipinski definition) is 11. The van der Waals surface area contributed by atoms with E-state index in [1.54, 1.807) is 6.92 Å². The number of aliphatic hydroxyl groups is 5. The van der Waals surface area contributed by atoms with Crippen molar-refractivity contribution in [3.8, 4) is 34.5 Å². The van der Waals surface area contributed by atoms with E-state index in [0.29, 0.717) is 12.8 Å². The molecule has 0 amide bonds. The lowest BCUT2D eigenvalue weighted by molar-refractivity contribution is -0.309. The summed E-state index contributed by atoms with van der Waals surface area (Å²) in [6.45, 7) is 5.11. The van der Waals surface area contributed by atoms with Crippen LogP contribution in [0.4, 0.5) is 5.69 Å². The number of carboxylic acids is 1. The van der Waals surface area contributed by atoms with Crippen LogP contribution in [0.1, 0.15) is 59.0 Å². The highest BCUT2D eigenvalue weighted by atomic mass is 16.7. The molecule has 9 atom stereocenters. The third-order valence-electron chi connectivity index (χ3n) is 10.6. The Hall–Kier alpha value is -5.77. The van der Waals surface area contributed by atoms with Crippen molar-refractivity contribution in [2.75, 3.05) is 32.8 Å². The maximum absolute atomic E-state index is 13.5. The van der Waals surface area contributed by atoms with Crippen molar-refractivity contribution in [1.29, 1.82) is 0 Å². The number of rotatable bonds is 16. The Bertz CT molecular complexity index is 2030. The van der Waals surface area contributed by atoms with Crippen molar-refractivity contribution in [3.05, 3.63) is 64.7 Å². The van der Waals surface area contributed by atoms with Gasteiger partial charge in [-0.25, -0.2) is 9.59 Å². The van der Waals surface area contributed by atoms with Gasteiger partial charge in [0.1, 0.15) is 23.9 Å². The Morgan fingerprint density at radius 2 is 1.67 bits per heavy atom. The van der Waals surface area contributed by atoms with Crippen LogP contribution in [0.15, 0.2) is 47.5 Å². The number of guanidine groups is 1. The number of aliphatic hydroxyl groups excluding tert-OH is 5. The van der Waals surface area contributed by atoms with Crippen molar-refractivity contribution in [2.24, 2.45) is 22.6 Å². The van der Waals surface area contributed by atoms with Gasteiger partial charge in [0.2, 0.25) is 24.1 Å². The second kappa shape index (κ2) is 20.2. The number of methoxy groups -OCH3 is 1. The molecule has 0 aromatic heterocycles. The Morgan fingerprint density at radius 3 is 2.31 bits per heavy atom. The van der Waals surface area contributed by atoms with Crippen LogP contribution >= 0.6 is 0 Å². The molecule has 0 radical (unpaired) electrons. The third kappa shape index (κ3) is 10.4. The van der Waals surface area contributed by atoms with E-state index in [-0.39, 0.29) is 71.6 Å². The Labute approximate surface area is 351 Å². The molecule has 1 fully saturated rings. The van der Waals surface area contributed by atoms with Crippen LogP contribution in [0.5, 0.6) is 34.5 Å². The lowest BCUT2D eigenvalue weighted by Gasteiger charge is -2.41. The normalized spacial score (nSPS) is 23.7. The number of aromatic carboxylic acids is 1. The number of phenolic OH excluding ortho intramolecular Hbond substituents is 2. The maximum atomic E-state index is 13.5. The van der Waals surface area contributed by atoms with E-state index in [1.165, 1.54) is 14.2 Å². The molecule has 20 heteroatoms. The number of aliphatic imine (C=N–C) groups is 1. The first kappa shape index (κ1) is 46.3. The number of esters is 1. The fourth-order valence-corrected chi connectivity index (χ4v) is 7.17. The summed E-state index contributed by atoms with van der Waals surface area (Å²) in [5.74, 6) is -5.93. The number of anilines is 1. The average Bonchev–Trinajstić information content (AvgIpc) is 3.40. The summed E-state index contributed by atoms with van der Waals surface area (Å²) >= 11 is 0. The molecule has 3 aromatic carbocycles. The lowest BCUT2D eigenvalue weighted by atomic mass is 9.85. The van der Waals surface area contributed by atoms with E-state index in [0.717, 1.165) is 17.7 Å². The quantitative estimate of drug-likeness (QED) is 0.0415. The largest absolute Gasteiger partial charge is 0.504 e. The smallest absolute Gasteiger partial charge is 0.344 e. The summed E-state index contributed by atoms with van der Waals surface area (Å²) in [4.78, 5) is 29.9.